The van der Waals surface area contributed by atoms with Crippen LogP contribution in [0.25, 0.3) is 11.1 Å². The second kappa shape index (κ2) is 10.7. The molecule has 0 amide bonds. The van der Waals surface area contributed by atoms with Gasteiger partial charge in [-0.05, 0) is 56.4 Å². The molecule has 0 saturated heterocycles. The number of ether oxygens (including phenoxy) is 6. The lowest BCUT2D eigenvalue weighted by molar-refractivity contribution is -0.130. The molecule has 0 fully saturated rings. The highest BCUT2D eigenvalue weighted by Crippen LogP contribution is 2.56. The number of esters is 1. The van der Waals surface area contributed by atoms with Crippen molar-refractivity contribution < 1.29 is 38.3 Å². The van der Waals surface area contributed by atoms with Crippen LogP contribution >= 0.6 is 0 Å². The van der Waals surface area contributed by atoms with Crippen molar-refractivity contribution in [1.29, 1.82) is 0 Å². The van der Waals surface area contributed by atoms with Gasteiger partial charge in [0.1, 0.15) is 0 Å². The van der Waals surface area contributed by atoms with E-state index in [1.165, 1.54) is 28.4 Å². The van der Waals surface area contributed by atoms with E-state index in [0.29, 0.717) is 52.5 Å². The number of rotatable bonds is 7. The molecule has 0 spiro atoms. The lowest BCUT2D eigenvalue weighted by Gasteiger charge is -2.36. The topological polar surface area (TPSA) is 92.7 Å². The van der Waals surface area contributed by atoms with Gasteiger partial charge < -0.3 is 33.5 Å². The fourth-order valence-electron chi connectivity index (χ4n) is 4.57. The van der Waals surface area contributed by atoms with E-state index >= 15 is 0 Å². The molecule has 2 unspecified atom stereocenters. The predicted octanol–water partition coefficient (Wildman–Crippen LogP) is 4.75. The molecule has 0 aromatic heterocycles. The van der Waals surface area contributed by atoms with E-state index in [9.17, 15) is 9.90 Å². The molecule has 8 nitrogen and oxygen atoms in total. The number of allylic oxidation sites excluding steroid dienone is 1. The van der Waals surface area contributed by atoms with E-state index in [4.69, 9.17) is 28.4 Å². The van der Waals surface area contributed by atoms with Gasteiger partial charge in [0.25, 0.3) is 0 Å². The third-order valence-electron chi connectivity index (χ3n) is 6.96. The Hall–Kier alpha value is -3.39. The van der Waals surface area contributed by atoms with E-state index in [1.807, 2.05) is 26.0 Å². The summed E-state index contributed by atoms with van der Waals surface area (Å²) in [5, 5.41) is 11.5. The molecule has 0 bridgehead atoms. The smallest absolute Gasteiger partial charge is 0.338 e. The van der Waals surface area contributed by atoms with Crippen LogP contribution < -0.4 is 28.4 Å². The van der Waals surface area contributed by atoms with Crippen molar-refractivity contribution in [2.24, 2.45) is 5.92 Å². The summed E-state index contributed by atoms with van der Waals surface area (Å²) in [6.45, 7) is 7.25. The van der Waals surface area contributed by atoms with Crippen molar-refractivity contribution in [2.45, 2.75) is 46.1 Å². The van der Waals surface area contributed by atoms with Crippen molar-refractivity contribution in [3.8, 4) is 45.6 Å². The summed E-state index contributed by atoms with van der Waals surface area (Å²) in [6.07, 6.45) is 2.46. The molecule has 1 N–H and O–H groups in total. The molecule has 0 saturated carbocycles. The van der Waals surface area contributed by atoms with Gasteiger partial charge in [0.05, 0.1) is 41.2 Å². The van der Waals surface area contributed by atoms with Crippen molar-refractivity contribution in [3.05, 3.63) is 34.9 Å². The highest BCUT2D eigenvalue weighted by molar-refractivity contribution is 5.94. The highest BCUT2D eigenvalue weighted by Gasteiger charge is 2.38. The van der Waals surface area contributed by atoms with Gasteiger partial charge in [0, 0.05) is 23.1 Å². The normalized spacial score (nSPS) is 19.3. The quantitative estimate of drug-likeness (QED) is 0.331. The summed E-state index contributed by atoms with van der Waals surface area (Å²) in [5.74, 6) is 1.46. The lowest BCUT2D eigenvalue weighted by Crippen LogP contribution is -2.37. The molecule has 2 aromatic carbocycles. The zero-order valence-corrected chi connectivity index (χ0v) is 22.5. The average Bonchev–Trinajstić information content (AvgIpc) is 2.86. The molecule has 2 aromatic rings. The van der Waals surface area contributed by atoms with Crippen molar-refractivity contribution in [1.82, 2.24) is 0 Å². The van der Waals surface area contributed by atoms with Crippen LogP contribution in [0.1, 0.15) is 38.8 Å². The number of methoxy groups -OCH3 is 5. The van der Waals surface area contributed by atoms with Gasteiger partial charge in [-0.15, -0.1) is 0 Å². The summed E-state index contributed by atoms with van der Waals surface area (Å²) in [4.78, 5) is 13.0. The summed E-state index contributed by atoms with van der Waals surface area (Å²) < 4.78 is 34.5. The van der Waals surface area contributed by atoms with E-state index in [-0.39, 0.29) is 17.4 Å². The van der Waals surface area contributed by atoms with Gasteiger partial charge >= 0.3 is 5.97 Å². The maximum Gasteiger partial charge on any atom is 0.338 e. The van der Waals surface area contributed by atoms with Gasteiger partial charge in [0.15, 0.2) is 23.0 Å². The molecule has 0 heterocycles. The minimum atomic E-state index is -1.05. The first-order chi connectivity index (χ1) is 17.1. The zero-order chi connectivity index (χ0) is 26.8. The summed E-state index contributed by atoms with van der Waals surface area (Å²) >= 11 is 0. The van der Waals surface area contributed by atoms with E-state index in [0.717, 1.165) is 11.1 Å². The summed E-state index contributed by atoms with van der Waals surface area (Å²) in [7, 11) is 7.63. The van der Waals surface area contributed by atoms with E-state index < -0.39 is 11.6 Å². The maximum atomic E-state index is 13.0. The Bertz CT molecular complexity index is 1180. The summed E-state index contributed by atoms with van der Waals surface area (Å²) in [6, 6.07) is 3.68. The largest absolute Gasteiger partial charge is 0.493 e. The average molecular weight is 501 g/mol. The Morgan fingerprint density at radius 2 is 1.39 bits per heavy atom. The van der Waals surface area contributed by atoms with Crippen molar-refractivity contribution in [2.75, 3.05) is 35.5 Å². The Kier molecular flexibility index (Phi) is 8.09. The lowest BCUT2D eigenvalue weighted by atomic mass is 9.75. The second-order valence-corrected chi connectivity index (χ2v) is 9.16. The zero-order valence-electron chi connectivity index (χ0n) is 22.5. The predicted molar refractivity (Wildman–Crippen MR) is 137 cm³/mol. The molecule has 1 aliphatic carbocycles. The van der Waals surface area contributed by atoms with Crippen LogP contribution in [0, 0.1) is 5.92 Å². The third kappa shape index (κ3) is 4.69. The Labute approximate surface area is 212 Å². The van der Waals surface area contributed by atoms with Crippen LogP contribution in [-0.2, 0) is 17.6 Å². The van der Waals surface area contributed by atoms with Crippen LogP contribution in [0.3, 0.4) is 0 Å². The Balaban J connectivity index is 2.56. The molecular formula is C28H36O8. The first-order valence-electron chi connectivity index (χ1n) is 11.8. The Morgan fingerprint density at radius 1 is 0.889 bits per heavy atom. The van der Waals surface area contributed by atoms with Crippen LogP contribution in [0.2, 0.25) is 0 Å². The van der Waals surface area contributed by atoms with Crippen LogP contribution in [0.4, 0.5) is 0 Å². The molecule has 0 aliphatic heterocycles. The monoisotopic (exact) mass is 500 g/mol. The fourth-order valence-corrected chi connectivity index (χ4v) is 4.57. The molecule has 2 atom stereocenters. The van der Waals surface area contributed by atoms with Crippen LogP contribution in [0.5, 0.6) is 34.5 Å². The Morgan fingerprint density at radius 3 is 1.89 bits per heavy atom. The minimum absolute atomic E-state index is 0.151. The van der Waals surface area contributed by atoms with Gasteiger partial charge in [0.2, 0.25) is 11.5 Å². The highest BCUT2D eigenvalue weighted by atomic mass is 16.6. The van der Waals surface area contributed by atoms with Gasteiger partial charge in [-0.3, -0.25) is 0 Å². The molecule has 36 heavy (non-hydrogen) atoms. The van der Waals surface area contributed by atoms with Gasteiger partial charge in [-0.1, -0.05) is 13.0 Å². The molecule has 196 valence electrons. The fraction of sp³-hybridized carbons (Fsp3) is 0.464. The first-order valence-corrected chi connectivity index (χ1v) is 11.8. The van der Waals surface area contributed by atoms with Crippen LogP contribution in [-0.4, -0.2) is 52.2 Å². The van der Waals surface area contributed by atoms with Gasteiger partial charge in [-0.25, -0.2) is 4.79 Å². The third-order valence-corrected chi connectivity index (χ3v) is 6.96. The maximum absolute atomic E-state index is 13.0. The molecule has 1 aliphatic rings. The first kappa shape index (κ1) is 27.2. The number of carbonyl (C=O) groups is 1. The van der Waals surface area contributed by atoms with Crippen LogP contribution in [0.15, 0.2) is 23.8 Å². The number of hydrogen-bond acceptors (Lipinski definition) is 8. The molecule has 3 rings (SSSR count). The number of aliphatic hydroxyl groups is 1. The molecular weight excluding hydrogens is 464 g/mol. The van der Waals surface area contributed by atoms with Crippen molar-refractivity contribution in [3.63, 3.8) is 0 Å². The minimum Gasteiger partial charge on any atom is -0.493 e. The standard InChI is InChI=1S/C28H36O8/c1-10-15(2)27(29)36-26-21-17(12-19(31-5)24(26)34-8)11-16(3)28(4,30)14-18-13-20(32-6)23(33-7)25(35-9)22(18)21/h10,12-13,16,30H,11,14H2,1-9H3/b15-10+. The molecule has 8 heteroatoms. The van der Waals surface area contributed by atoms with Gasteiger partial charge in [-0.2, -0.15) is 0 Å². The number of hydrogen-bond donors (Lipinski definition) is 1. The number of carbonyl (C=O) groups excluding carboxylic acids is 1. The summed E-state index contributed by atoms with van der Waals surface area (Å²) in [5.41, 5.74) is 2.17. The number of benzene rings is 2. The molecule has 0 radical (unpaired) electrons. The second-order valence-electron chi connectivity index (χ2n) is 9.16. The van der Waals surface area contributed by atoms with Crippen molar-refractivity contribution >= 4 is 5.97 Å². The SMILES string of the molecule is C/C=C(\C)C(=O)Oc1c(OC)c(OC)cc2c1-c1c(cc(OC)c(OC)c1OC)CC(C)(O)C(C)C2. The van der Waals surface area contributed by atoms with E-state index in [2.05, 4.69) is 0 Å². The van der Waals surface area contributed by atoms with E-state index in [1.54, 1.807) is 27.0 Å². The number of fused-ring (bicyclic) bond motifs is 3.